The van der Waals surface area contributed by atoms with Crippen molar-refractivity contribution < 1.29 is 26.8 Å². The first kappa shape index (κ1) is 24.6. The molecule has 0 atom stereocenters. The Balaban J connectivity index is 1.85. The molecule has 176 valence electrons. The Labute approximate surface area is 193 Å². The molecule has 3 rings (SSSR count). The van der Waals surface area contributed by atoms with Gasteiger partial charge in [0.25, 0.3) is 0 Å². The second-order valence-electron chi connectivity index (χ2n) is 7.53. The summed E-state index contributed by atoms with van der Waals surface area (Å²) in [5.74, 6) is 0.380. The third kappa shape index (κ3) is 6.74. The minimum Gasteiger partial charge on any atom is -0.464 e. The maximum atomic E-state index is 13.3. The van der Waals surface area contributed by atoms with Gasteiger partial charge in [-0.2, -0.15) is 4.31 Å². The summed E-state index contributed by atoms with van der Waals surface area (Å²) in [5.41, 5.74) is 0.902. The number of rotatable bonds is 11. The molecule has 9 heteroatoms. The number of methoxy groups -OCH3 is 1. The smallest absolute Gasteiger partial charge is 0.243 e. The fraction of sp³-hybridized carbons (Fsp3) is 0.292. The predicted octanol–water partition coefficient (Wildman–Crippen LogP) is 3.59. The van der Waals surface area contributed by atoms with Crippen molar-refractivity contribution in [3.8, 4) is 0 Å². The van der Waals surface area contributed by atoms with Crippen molar-refractivity contribution >= 4 is 15.9 Å². The Morgan fingerprint density at radius 2 is 1.70 bits per heavy atom. The summed E-state index contributed by atoms with van der Waals surface area (Å²) < 4.78 is 51.4. The van der Waals surface area contributed by atoms with Crippen LogP contribution in [0, 0.1) is 12.7 Å². The van der Waals surface area contributed by atoms with Crippen molar-refractivity contribution in [2.24, 2.45) is 0 Å². The Kier molecular flexibility index (Phi) is 8.37. The number of aryl methyl sites for hydroxylation is 1. The van der Waals surface area contributed by atoms with Crippen LogP contribution < -0.4 is 0 Å². The van der Waals surface area contributed by atoms with E-state index in [9.17, 15) is 17.6 Å². The van der Waals surface area contributed by atoms with E-state index in [4.69, 9.17) is 9.15 Å². The largest absolute Gasteiger partial charge is 0.464 e. The summed E-state index contributed by atoms with van der Waals surface area (Å²) in [5, 5.41) is 0. The second-order valence-corrected chi connectivity index (χ2v) is 9.47. The number of carbonyl (C=O) groups excluding carboxylic acids is 1. The fourth-order valence-corrected chi connectivity index (χ4v) is 4.65. The average molecular weight is 475 g/mol. The quantitative estimate of drug-likeness (QED) is 0.424. The van der Waals surface area contributed by atoms with Gasteiger partial charge in [-0.05, 0) is 48.9 Å². The van der Waals surface area contributed by atoms with E-state index in [1.807, 2.05) is 43.3 Å². The molecule has 0 spiro atoms. The highest BCUT2D eigenvalue weighted by molar-refractivity contribution is 7.89. The third-order valence-corrected chi connectivity index (χ3v) is 6.88. The minimum atomic E-state index is -4.04. The summed E-state index contributed by atoms with van der Waals surface area (Å²) in [6.07, 6.45) is 0. The molecule has 1 aromatic heterocycles. The number of carbonyl (C=O) groups is 1. The lowest BCUT2D eigenvalue weighted by Crippen LogP contribution is -2.43. The fourth-order valence-electron chi connectivity index (χ4n) is 3.28. The molecule has 0 saturated carbocycles. The van der Waals surface area contributed by atoms with Crippen LogP contribution in [0.1, 0.15) is 17.1 Å². The summed E-state index contributed by atoms with van der Waals surface area (Å²) in [7, 11) is -2.59. The molecule has 7 nitrogen and oxygen atoms in total. The van der Waals surface area contributed by atoms with Crippen LogP contribution in [0.3, 0.4) is 0 Å². The number of hydrogen-bond acceptors (Lipinski definition) is 5. The highest BCUT2D eigenvalue weighted by Crippen LogP contribution is 2.18. The Hall–Kier alpha value is -3.01. The average Bonchev–Trinajstić information content (AvgIpc) is 3.21. The van der Waals surface area contributed by atoms with E-state index in [1.54, 1.807) is 11.0 Å². The first-order chi connectivity index (χ1) is 15.8. The van der Waals surface area contributed by atoms with E-state index in [1.165, 1.54) is 19.2 Å². The van der Waals surface area contributed by atoms with Crippen LogP contribution in [-0.2, 0) is 32.6 Å². The molecule has 0 fully saturated rings. The van der Waals surface area contributed by atoms with E-state index in [0.717, 1.165) is 27.8 Å². The van der Waals surface area contributed by atoms with Crippen LogP contribution in [-0.4, -0.2) is 50.3 Å². The van der Waals surface area contributed by atoms with Crippen molar-refractivity contribution in [3.63, 3.8) is 0 Å². The van der Waals surface area contributed by atoms with Gasteiger partial charge in [-0.15, -0.1) is 0 Å². The number of sulfonamides is 1. The molecule has 3 aromatic rings. The van der Waals surface area contributed by atoms with Crippen molar-refractivity contribution in [2.45, 2.75) is 24.9 Å². The van der Waals surface area contributed by atoms with Gasteiger partial charge in [0.05, 0.1) is 24.6 Å². The van der Waals surface area contributed by atoms with Crippen molar-refractivity contribution in [3.05, 3.63) is 89.6 Å². The maximum absolute atomic E-state index is 13.3. The number of halogens is 1. The van der Waals surface area contributed by atoms with Gasteiger partial charge in [-0.3, -0.25) is 4.79 Å². The zero-order valence-electron chi connectivity index (χ0n) is 18.6. The molecule has 0 bridgehead atoms. The van der Waals surface area contributed by atoms with Crippen molar-refractivity contribution in [1.29, 1.82) is 0 Å². The van der Waals surface area contributed by atoms with E-state index < -0.39 is 28.3 Å². The first-order valence-electron chi connectivity index (χ1n) is 10.4. The molecule has 0 radical (unpaired) electrons. The first-order valence-corrected chi connectivity index (χ1v) is 11.9. The second kappa shape index (κ2) is 11.2. The molecular weight excluding hydrogens is 447 g/mol. The molecule has 1 heterocycles. The van der Waals surface area contributed by atoms with E-state index in [-0.39, 0.29) is 31.1 Å². The van der Waals surface area contributed by atoms with E-state index >= 15 is 0 Å². The lowest BCUT2D eigenvalue weighted by Gasteiger charge is -2.27. The monoisotopic (exact) mass is 474 g/mol. The number of hydrogen-bond donors (Lipinski definition) is 0. The van der Waals surface area contributed by atoms with E-state index in [0.29, 0.717) is 5.76 Å². The molecule has 0 aliphatic carbocycles. The van der Waals surface area contributed by atoms with Gasteiger partial charge in [0.15, 0.2) is 0 Å². The SMILES string of the molecule is COCCN(CC(=O)N(Cc1ccccc1)Cc1ccc(C)o1)S(=O)(=O)c1ccc(F)cc1. The zero-order chi connectivity index (χ0) is 23.8. The van der Waals surface area contributed by atoms with Gasteiger partial charge in [0.2, 0.25) is 15.9 Å². The molecule has 33 heavy (non-hydrogen) atoms. The zero-order valence-corrected chi connectivity index (χ0v) is 19.4. The Morgan fingerprint density at radius 1 is 1.00 bits per heavy atom. The summed E-state index contributed by atoms with van der Waals surface area (Å²) in [6, 6.07) is 17.5. The molecule has 0 unspecified atom stereocenters. The van der Waals surface area contributed by atoms with Gasteiger partial charge in [0.1, 0.15) is 17.3 Å². The number of furan rings is 1. The summed E-state index contributed by atoms with van der Waals surface area (Å²) >= 11 is 0. The van der Waals surface area contributed by atoms with Crippen LogP contribution in [0.2, 0.25) is 0 Å². The number of ether oxygens (including phenoxy) is 1. The lowest BCUT2D eigenvalue weighted by molar-refractivity contribution is -0.133. The van der Waals surface area contributed by atoms with Crippen LogP contribution >= 0.6 is 0 Å². The highest BCUT2D eigenvalue weighted by Gasteiger charge is 2.29. The maximum Gasteiger partial charge on any atom is 0.243 e. The van der Waals surface area contributed by atoms with Crippen LogP contribution in [0.4, 0.5) is 4.39 Å². The number of amides is 1. The minimum absolute atomic E-state index is 0.0268. The van der Waals surface area contributed by atoms with Crippen molar-refractivity contribution in [2.75, 3.05) is 26.8 Å². The van der Waals surface area contributed by atoms with Crippen LogP contribution in [0.5, 0.6) is 0 Å². The topological polar surface area (TPSA) is 80.1 Å². The predicted molar refractivity (Wildman–Crippen MR) is 121 cm³/mol. The molecule has 0 aliphatic heterocycles. The molecular formula is C24H27FN2O5S. The van der Waals surface area contributed by atoms with E-state index in [2.05, 4.69) is 0 Å². The number of nitrogens with zero attached hydrogens (tertiary/aromatic N) is 2. The summed E-state index contributed by atoms with van der Waals surface area (Å²) in [6.45, 7) is 1.97. The molecule has 0 N–H and O–H groups in total. The third-order valence-electron chi connectivity index (χ3n) is 5.02. The molecule has 1 amide bonds. The Bertz CT molecular complexity index is 1150. The van der Waals surface area contributed by atoms with Gasteiger partial charge in [-0.25, -0.2) is 12.8 Å². The van der Waals surface area contributed by atoms with Gasteiger partial charge >= 0.3 is 0 Å². The standard InChI is InChI=1S/C24H27FN2O5S/c1-19-8-11-22(32-19)17-26(16-20-6-4-3-5-7-20)24(28)18-27(14-15-31-2)33(29,30)23-12-9-21(25)10-13-23/h3-13H,14-18H2,1-2H3. The molecule has 0 saturated heterocycles. The molecule has 0 aliphatic rings. The Morgan fingerprint density at radius 3 is 2.30 bits per heavy atom. The highest BCUT2D eigenvalue weighted by atomic mass is 32.2. The molecule has 2 aromatic carbocycles. The summed E-state index contributed by atoms with van der Waals surface area (Å²) in [4.78, 5) is 14.8. The normalized spacial score (nSPS) is 11.6. The lowest BCUT2D eigenvalue weighted by atomic mass is 10.2. The van der Waals surface area contributed by atoms with Gasteiger partial charge < -0.3 is 14.1 Å². The van der Waals surface area contributed by atoms with Crippen LogP contribution in [0.25, 0.3) is 0 Å². The van der Waals surface area contributed by atoms with Crippen LogP contribution in [0.15, 0.2) is 76.0 Å². The van der Waals surface area contributed by atoms with Gasteiger partial charge in [-0.1, -0.05) is 30.3 Å². The van der Waals surface area contributed by atoms with Gasteiger partial charge in [0, 0.05) is 20.2 Å². The number of benzene rings is 2. The van der Waals surface area contributed by atoms with Crippen molar-refractivity contribution in [1.82, 2.24) is 9.21 Å².